The van der Waals surface area contributed by atoms with E-state index in [-0.39, 0.29) is 15.8 Å². The fourth-order valence-electron chi connectivity index (χ4n) is 6.40. The first-order valence-corrected chi connectivity index (χ1v) is 18.2. The van der Waals surface area contributed by atoms with E-state index in [2.05, 4.69) is 9.80 Å². The predicted octanol–water partition coefficient (Wildman–Crippen LogP) is 12.4. The summed E-state index contributed by atoms with van der Waals surface area (Å²) in [5, 5.41) is 2.01. The van der Waals surface area contributed by atoms with Crippen molar-refractivity contribution in [3.8, 4) is 5.75 Å². The molecule has 0 aliphatic carbocycles. The van der Waals surface area contributed by atoms with Crippen molar-refractivity contribution in [2.24, 2.45) is 0 Å². The Morgan fingerprint density at radius 1 is 0.510 bits per heavy atom. The van der Waals surface area contributed by atoms with Gasteiger partial charge in [0.2, 0.25) is 0 Å². The van der Waals surface area contributed by atoms with Crippen molar-refractivity contribution in [3.05, 3.63) is 164 Å². The van der Waals surface area contributed by atoms with Gasteiger partial charge in [-0.15, -0.1) is 11.3 Å². The third-order valence-electron chi connectivity index (χ3n) is 8.56. The van der Waals surface area contributed by atoms with Gasteiger partial charge in [0.1, 0.15) is 0 Å². The molecule has 0 unspecified atom stereocenters. The number of thiophene rings is 1. The minimum absolute atomic E-state index is 0.228. The molecule has 0 N–H and O–H groups in total. The highest BCUT2D eigenvalue weighted by atomic mass is 32.2. The smallest absolute Gasteiger partial charge is 0.374 e. The van der Waals surface area contributed by atoms with E-state index in [0.717, 1.165) is 38.5 Å². The molecule has 1 aromatic heterocycles. The van der Waals surface area contributed by atoms with Gasteiger partial charge in [0, 0.05) is 54.7 Å². The molecule has 0 spiro atoms. The number of anilines is 6. The van der Waals surface area contributed by atoms with Crippen LogP contribution in [0.5, 0.6) is 5.75 Å². The van der Waals surface area contributed by atoms with Gasteiger partial charge in [-0.2, -0.15) is 21.6 Å². The predicted molar refractivity (Wildman–Crippen MR) is 202 cm³/mol. The second kappa shape index (κ2) is 12.8. The number of nitrogens with zero attached hydrogens (tertiary/aromatic N) is 2. The number of hydrogen-bond acceptors (Lipinski definition) is 6. The summed E-state index contributed by atoms with van der Waals surface area (Å²) < 4.78 is 73.2. The van der Waals surface area contributed by atoms with Crippen LogP contribution >= 0.6 is 11.3 Å². The molecule has 252 valence electrons. The number of halogens is 3. The lowest BCUT2D eigenvalue weighted by Crippen LogP contribution is -2.28. The first-order chi connectivity index (χ1) is 24.7. The highest BCUT2D eigenvalue weighted by molar-refractivity contribution is 7.88. The zero-order valence-corrected chi connectivity index (χ0v) is 28.3. The van der Waals surface area contributed by atoms with Gasteiger partial charge >= 0.3 is 15.6 Å². The number of para-hydroxylation sites is 4. The van der Waals surface area contributed by atoms with E-state index >= 15 is 0 Å². The summed E-state index contributed by atoms with van der Waals surface area (Å²) in [6.45, 7) is 0. The van der Waals surface area contributed by atoms with Crippen LogP contribution in [0.3, 0.4) is 0 Å². The Balaban J connectivity index is 1.52. The minimum atomic E-state index is -6.02. The third-order valence-corrected chi connectivity index (χ3v) is 10.7. The number of hydrogen-bond donors (Lipinski definition) is 0. The molecule has 0 amide bonds. The van der Waals surface area contributed by atoms with Crippen LogP contribution in [-0.2, 0) is 10.1 Å². The Bertz CT molecular complexity index is 2540. The van der Waals surface area contributed by atoms with E-state index in [4.69, 9.17) is 4.18 Å². The van der Waals surface area contributed by atoms with Crippen LogP contribution in [0.1, 0.15) is 0 Å². The van der Waals surface area contributed by atoms with E-state index in [1.165, 1.54) is 11.3 Å². The van der Waals surface area contributed by atoms with Crippen LogP contribution in [0.2, 0.25) is 0 Å². The van der Waals surface area contributed by atoms with Crippen LogP contribution in [0, 0.1) is 0 Å². The summed E-state index contributed by atoms with van der Waals surface area (Å²) in [5.41, 5.74) is -0.740. The summed E-state index contributed by atoms with van der Waals surface area (Å²) in [7, 11) is -6.02. The molecule has 1 heterocycles. The highest BCUT2D eigenvalue weighted by Crippen LogP contribution is 2.54. The Morgan fingerprint density at radius 2 is 0.961 bits per heavy atom. The SMILES string of the molecule is O=S(=O)(Oc1c2ccccc2c(N(c2ccccc2)c2ccccc2)c2c1sc1ccc(N(c3ccccc3)c3ccccc3)cc12)C(F)(F)F. The Labute approximate surface area is 296 Å². The van der Waals surface area contributed by atoms with E-state index < -0.39 is 15.6 Å². The van der Waals surface area contributed by atoms with Crippen molar-refractivity contribution in [1.29, 1.82) is 0 Å². The van der Waals surface area contributed by atoms with Crippen molar-refractivity contribution < 1.29 is 25.8 Å². The van der Waals surface area contributed by atoms with Crippen LogP contribution in [0.15, 0.2) is 164 Å². The van der Waals surface area contributed by atoms with Gasteiger partial charge in [0.05, 0.1) is 10.4 Å². The fourth-order valence-corrected chi connectivity index (χ4v) is 8.12. The monoisotopic (exact) mass is 716 g/mol. The molecule has 5 nitrogen and oxygen atoms in total. The van der Waals surface area contributed by atoms with E-state index in [0.29, 0.717) is 16.5 Å². The van der Waals surface area contributed by atoms with Crippen LogP contribution in [-0.4, -0.2) is 13.9 Å². The molecular formula is C41H27F3N2O3S2. The van der Waals surface area contributed by atoms with Crippen LogP contribution < -0.4 is 14.0 Å². The summed E-state index contributed by atoms with van der Waals surface area (Å²) in [4.78, 5) is 4.15. The number of fused-ring (bicyclic) bond motifs is 4. The van der Waals surface area contributed by atoms with Crippen molar-refractivity contribution >= 4 is 86.5 Å². The molecule has 8 rings (SSSR count). The molecule has 0 radical (unpaired) electrons. The first-order valence-electron chi connectivity index (χ1n) is 15.9. The first kappa shape index (κ1) is 32.4. The lowest BCUT2D eigenvalue weighted by atomic mass is 9.99. The summed E-state index contributed by atoms with van der Waals surface area (Å²) >= 11 is 1.19. The Kier molecular flexibility index (Phi) is 8.13. The topological polar surface area (TPSA) is 49.9 Å². The molecular weight excluding hydrogens is 690 g/mol. The average Bonchev–Trinajstić information content (AvgIpc) is 3.53. The molecule has 0 bridgehead atoms. The molecule has 0 saturated carbocycles. The van der Waals surface area contributed by atoms with E-state index in [1.807, 2.05) is 140 Å². The normalized spacial score (nSPS) is 12.0. The second-order valence-corrected chi connectivity index (χ2v) is 14.3. The van der Waals surface area contributed by atoms with Crippen molar-refractivity contribution in [1.82, 2.24) is 0 Å². The van der Waals surface area contributed by atoms with Gasteiger partial charge in [-0.25, -0.2) is 0 Å². The average molecular weight is 717 g/mol. The maximum Gasteiger partial charge on any atom is 0.534 e. The lowest BCUT2D eigenvalue weighted by molar-refractivity contribution is -0.0499. The van der Waals surface area contributed by atoms with Crippen LogP contribution in [0.4, 0.5) is 47.3 Å². The number of benzene rings is 7. The number of alkyl halides is 3. The molecule has 0 aliphatic rings. The number of rotatable bonds is 8. The van der Waals surface area contributed by atoms with E-state index in [9.17, 15) is 21.6 Å². The zero-order chi connectivity index (χ0) is 35.2. The van der Waals surface area contributed by atoms with Gasteiger partial charge < -0.3 is 14.0 Å². The zero-order valence-electron chi connectivity index (χ0n) is 26.7. The van der Waals surface area contributed by atoms with Crippen molar-refractivity contribution in [2.75, 3.05) is 9.80 Å². The Hall–Kier alpha value is -5.84. The molecule has 0 fully saturated rings. The van der Waals surface area contributed by atoms with Gasteiger partial charge in [0.25, 0.3) is 0 Å². The maximum atomic E-state index is 13.9. The molecule has 51 heavy (non-hydrogen) atoms. The largest absolute Gasteiger partial charge is 0.534 e. The van der Waals surface area contributed by atoms with Gasteiger partial charge in [0.15, 0.2) is 5.75 Å². The Morgan fingerprint density at radius 3 is 1.45 bits per heavy atom. The highest BCUT2D eigenvalue weighted by Gasteiger charge is 2.49. The molecule has 0 saturated heterocycles. The summed E-state index contributed by atoms with van der Waals surface area (Å²) in [6.07, 6.45) is 0. The maximum absolute atomic E-state index is 13.9. The molecule has 7 aromatic carbocycles. The molecule has 10 heteroatoms. The van der Waals surface area contributed by atoms with Crippen molar-refractivity contribution in [2.45, 2.75) is 5.51 Å². The molecule has 8 aromatic rings. The third kappa shape index (κ3) is 5.82. The molecule has 0 aliphatic heterocycles. The van der Waals surface area contributed by atoms with Gasteiger partial charge in [-0.3, -0.25) is 0 Å². The van der Waals surface area contributed by atoms with Crippen LogP contribution in [0.25, 0.3) is 30.9 Å². The lowest BCUT2D eigenvalue weighted by Gasteiger charge is -2.29. The minimum Gasteiger partial charge on any atom is -0.374 e. The van der Waals surface area contributed by atoms with Gasteiger partial charge in [-0.05, 0) is 66.7 Å². The van der Waals surface area contributed by atoms with Crippen molar-refractivity contribution in [3.63, 3.8) is 0 Å². The molecule has 0 atom stereocenters. The fraction of sp³-hybridized carbons (Fsp3) is 0.0244. The quantitative estimate of drug-likeness (QED) is 0.116. The summed E-state index contributed by atoms with van der Waals surface area (Å²) in [6, 6.07) is 51.7. The van der Waals surface area contributed by atoms with E-state index in [1.54, 1.807) is 24.3 Å². The second-order valence-electron chi connectivity index (χ2n) is 11.7. The van der Waals surface area contributed by atoms with Gasteiger partial charge in [-0.1, -0.05) is 97.1 Å². The standard InChI is InChI=1S/C41H27F3N2O3S2/c42-41(43,44)51(47,48)49-39-34-24-14-13-23-33(34)38(46(30-19-9-3-10-20-30)31-21-11-4-12-22-31)37-35-27-32(25-26-36(35)50-40(37)39)45(28-15-5-1-6-16-28)29-17-7-2-8-18-29/h1-27H. The summed E-state index contributed by atoms with van der Waals surface area (Å²) in [5.74, 6) is -0.367.